The standard InChI is InChI=1S/C14H19NO3/c1-2-18-14(16)12-5-3-4-6-13(12)15-9-11-7-8-17-10-11/h3-6,11,15H,2,7-10H2,1H3. The van der Waals surface area contributed by atoms with E-state index in [1.165, 1.54) is 0 Å². The zero-order valence-electron chi connectivity index (χ0n) is 10.6. The minimum Gasteiger partial charge on any atom is -0.462 e. The molecule has 1 saturated heterocycles. The third-order valence-corrected chi connectivity index (χ3v) is 3.03. The van der Waals surface area contributed by atoms with Gasteiger partial charge in [-0.25, -0.2) is 4.79 Å². The molecule has 1 heterocycles. The summed E-state index contributed by atoms with van der Waals surface area (Å²) in [6.45, 7) is 4.67. The molecule has 0 bridgehead atoms. The van der Waals surface area contributed by atoms with Crippen LogP contribution in [0.25, 0.3) is 0 Å². The third-order valence-electron chi connectivity index (χ3n) is 3.03. The number of esters is 1. The number of carbonyl (C=O) groups excluding carboxylic acids is 1. The van der Waals surface area contributed by atoms with Crippen LogP contribution in [0.4, 0.5) is 5.69 Å². The molecular formula is C14H19NO3. The van der Waals surface area contributed by atoms with Crippen LogP contribution in [0.2, 0.25) is 0 Å². The maximum atomic E-state index is 11.8. The van der Waals surface area contributed by atoms with Crippen LogP contribution >= 0.6 is 0 Å². The molecular weight excluding hydrogens is 230 g/mol. The van der Waals surface area contributed by atoms with Gasteiger partial charge in [-0.15, -0.1) is 0 Å². The van der Waals surface area contributed by atoms with Crippen molar-refractivity contribution in [2.24, 2.45) is 5.92 Å². The molecule has 0 spiro atoms. The highest BCUT2D eigenvalue weighted by atomic mass is 16.5. The summed E-state index contributed by atoms with van der Waals surface area (Å²) in [5.41, 5.74) is 1.43. The lowest BCUT2D eigenvalue weighted by Gasteiger charge is -2.13. The molecule has 4 heteroatoms. The van der Waals surface area contributed by atoms with Crippen molar-refractivity contribution >= 4 is 11.7 Å². The number of hydrogen-bond donors (Lipinski definition) is 1. The van der Waals surface area contributed by atoms with Crippen LogP contribution in [-0.4, -0.2) is 32.3 Å². The largest absolute Gasteiger partial charge is 0.462 e. The van der Waals surface area contributed by atoms with Crippen LogP contribution < -0.4 is 5.32 Å². The molecule has 0 saturated carbocycles. The van der Waals surface area contributed by atoms with Crippen LogP contribution in [0, 0.1) is 5.92 Å². The predicted molar refractivity (Wildman–Crippen MR) is 69.8 cm³/mol. The highest BCUT2D eigenvalue weighted by Crippen LogP contribution is 2.19. The summed E-state index contributed by atoms with van der Waals surface area (Å²) < 4.78 is 10.4. The van der Waals surface area contributed by atoms with Gasteiger partial charge in [0.2, 0.25) is 0 Å². The van der Waals surface area contributed by atoms with E-state index in [1.54, 1.807) is 6.07 Å². The van der Waals surface area contributed by atoms with Gasteiger partial charge in [-0.2, -0.15) is 0 Å². The van der Waals surface area contributed by atoms with Crippen LogP contribution in [0.15, 0.2) is 24.3 Å². The Morgan fingerprint density at radius 1 is 1.50 bits per heavy atom. The molecule has 4 nitrogen and oxygen atoms in total. The number of ether oxygens (including phenoxy) is 2. The maximum absolute atomic E-state index is 11.8. The molecule has 2 rings (SSSR count). The first-order valence-corrected chi connectivity index (χ1v) is 6.39. The van der Waals surface area contributed by atoms with Crippen molar-refractivity contribution in [1.29, 1.82) is 0 Å². The Morgan fingerprint density at radius 2 is 2.33 bits per heavy atom. The molecule has 0 radical (unpaired) electrons. The highest BCUT2D eigenvalue weighted by molar-refractivity contribution is 5.95. The quantitative estimate of drug-likeness (QED) is 0.813. The van der Waals surface area contributed by atoms with E-state index in [4.69, 9.17) is 9.47 Å². The lowest BCUT2D eigenvalue weighted by Crippen LogP contribution is -2.16. The summed E-state index contributed by atoms with van der Waals surface area (Å²) in [5, 5.41) is 3.31. The van der Waals surface area contributed by atoms with Gasteiger partial charge in [0.25, 0.3) is 0 Å². The first kappa shape index (κ1) is 12.9. The zero-order valence-corrected chi connectivity index (χ0v) is 10.6. The van der Waals surface area contributed by atoms with Gasteiger partial charge in [-0.3, -0.25) is 0 Å². The molecule has 1 aliphatic heterocycles. The zero-order chi connectivity index (χ0) is 12.8. The van der Waals surface area contributed by atoms with Crippen LogP contribution in [-0.2, 0) is 9.47 Å². The third kappa shape index (κ3) is 3.23. The molecule has 1 fully saturated rings. The van der Waals surface area contributed by atoms with E-state index in [-0.39, 0.29) is 5.97 Å². The van der Waals surface area contributed by atoms with Crippen molar-refractivity contribution in [2.45, 2.75) is 13.3 Å². The van der Waals surface area contributed by atoms with Gasteiger partial charge in [0.05, 0.1) is 18.8 Å². The van der Waals surface area contributed by atoms with Gasteiger partial charge in [-0.05, 0) is 25.5 Å². The van der Waals surface area contributed by atoms with Gasteiger partial charge >= 0.3 is 5.97 Å². The average molecular weight is 249 g/mol. The second-order valence-corrected chi connectivity index (χ2v) is 4.38. The van der Waals surface area contributed by atoms with Gasteiger partial charge in [0.1, 0.15) is 0 Å². The highest BCUT2D eigenvalue weighted by Gasteiger charge is 2.17. The topological polar surface area (TPSA) is 47.6 Å². The monoisotopic (exact) mass is 249 g/mol. The molecule has 98 valence electrons. The Balaban J connectivity index is 2.00. The molecule has 1 N–H and O–H groups in total. The average Bonchev–Trinajstić information content (AvgIpc) is 2.90. The van der Waals surface area contributed by atoms with E-state index >= 15 is 0 Å². The minimum atomic E-state index is -0.275. The Bertz CT molecular complexity index is 400. The van der Waals surface area contributed by atoms with Crippen molar-refractivity contribution < 1.29 is 14.3 Å². The number of nitrogens with one attached hydrogen (secondary N) is 1. The molecule has 1 aliphatic rings. The molecule has 1 aromatic carbocycles. The Morgan fingerprint density at radius 3 is 3.06 bits per heavy atom. The summed E-state index contributed by atoms with van der Waals surface area (Å²) in [6, 6.07) is 7.44. The smallest absolute Gasteiger partial charge is 0.340 e. The van der Waals surface area contributed by atoms with Crippen LogP contribution in [0.3, 0.4) is 0 Å². The number of carbonyl (C=O) groups is 1. The summed E-state index contributed by atoms with van der Waals surface area (Å²) in [7, 11) is 0. The van der Waals surface area contributed by atoms with Gasteiger partial charge in [0.15, 0.2) is 0 Å². The fourth-order valence-corrected chi connectivity index (χ4v) is 2.02. The number of hydrogen-bond acceptors (Lipinski definition) is 4. The second kappa shape index (κ2) is 6.40. The fourth-order valence-electron chi connectivity index (χ4n) is 2.02. The molecule has 0 aromatic heterocycles. The normalized spacial score (nSPS) is 18.6. The van der Waals surface area contributed by atoms with Gasteiger partial charge < -0.3 is 14.8 Å². The van der Waals surface area contributed by atoms with E-state index in [9.17, 15) is 4.79 Å². The van der Waals surface area contributed by atoms with E-state index in [0.717, 1.165) is 31.9 Å². The molecule has 18 heavy (non-hydrogen) atoms. The van der Waals surface area contributed by atoms with Crippen LogP contribution in [0.1, 0.15) is 23.7 Å². The Labute approximate surface area is 107 Å². The van der Waals surface area contributed by atoms with Crippen molar-refractivity contribution in [1.82, 2.24) is 0 Å². The van der Waals surface area contributed by atoms with Crippen molar-refractivity contribution in [3.8, 4) is 0 Å². The lowest BCUT2D eigenvalue weighted by molar-refractivity contribution is 0.0527. The van der Waals surface area contributed by atoms with Gasteiger partial charge in [0, 0.05) is 24.8 Å². The van der Waals surface area contributed by atoms with Crippen LogP contribution in [0.5, 0.6) is 0 Å². The summed E-state index contributed by atoms with van der Waals surface area (Å²) >= 11 is 0. The SMILES string of the molecule is CCOC(=O)c1ccccc1NCC1CCOC1. The first-order valence-electron chi connectivity index (χ1n) is 6.39. The molecule has 1 atom stereocenters. The van der Waals surface area contributed by atoms with E-state index in [2.05, 4.69) is 5.32 Å². The van der Waals surface area contributed by atoms with E-state index in [1.807, 2.05) is 25.1 Å². The molecule has 1 aromatic rings. The lowest BCUT2D eigenvalue weighted by atomic mass is 10.1. The Kier molecular flexibility index (Phi) is 4.59. The molecule has 0 aliphatic carbocycles. The van der Waals surface area contributed by atoms with Crippen molar-refractivity contribution in [2.75, 3.05) is 31.7 Å². The predicted octanol–water partition coefficient (Wildman–Crippen LogP) is 2.31. The fraction of sp³-hybridized carbons (Fsp3) is 0.500. The minimum absolute atomic E-state index is 0.275. The molecule has 0 amide bonds. The summed E-state index contributed by atoms with van der Waals surface area (Å²) in [5.74, 6) is 0.253. The van der Waals surface area contributed by atoms with Crippen molar-refractivity contribution in [3.63, 3.8) is 0 Å². The number of rotatable bonds is 5. The Hall–Kier alpha value is -1.55. The first-order chi connectivity index (χ1) is 8.81. The number of para-hydroxylation sites is 1. The maximum Gasteiger partial charge on any atom is 0.340 e. The summed E-state index contributed by atoms with van der Waals surface area (Å²) in [4.78, 5) is 11.8. The van der Waals surface area contributed by atoms with E-state index < -0.39 is 0 Å². The van der Waals surface area contributed by atoms with Gasteiger partial charge in [-0.1, -0.05) is 12.1 Å². The number of benzene rings is 1. The molecule has 1 unspecified atom stereocenters. The number of anilines is 1. The second-order valence-electron chi connectivity index (χ2n) is 4.38. The van der Waals surface area contributed by atoms with Crippen molar-refractivity contribution in [3.05, 3.63) is 29.8 Å². The summed E-state index contributed by atoms with van der Waals surface area (Å²) in [6.07, 6.45) is 1.08. The van der Waals surface area contributed by atoms with E-state index in [0.29, 0.717) is 18.1 Å².